The van der Waals surface area contributed by atoms with E-state index in [1.54, 1.807) is 0 Å². The van der Waals surface area contributed by atoms with Crippen LogP contribution >= 0.6 is 0 Å². The predicted octanol–water partition coefficient (Wildman–Crippen LogP) is 3.80. The van der Waals surface area contributed by atoms with E-state index in [0.717, 1.165) is 9.52 Å². The summed E-state index contributed by atoms with van der Waals surface area (Å²) in [5.74, 6) is 0. The van der Waals surface area contributed by atoms with E-state index in [-0.39, 0.29) is 9.52 Å². The lowest BCUT2D eigenvalue weighted by molar-refractivity contribution is 1.71. The van der Waals surface area contributed by atoms with Crippen LogP contribution < -0.4 is 25.9 Å². The number of benzene rings is 5. The maximum absolute atomic E-state index is 2.24. The van der Waals surface area contributed by atoms with Crippen LogP contribution in [0.1, 0.15) is 0 Å². The molecule has 0 atom stereocenters. The summed E-state index contributed by atoms with van der Waals surface area (Å²) in [5.41, 5.74) is 0. The molecular formula is C32H33Si3. The second kappa shape index (κ2) is 15.6. The summed E-state index contributed by atoms with van der Waals surface area (Å²) in [6, 6.07) is 53.8. The van der Waals surface area contributed by atoms with Crippen LogP contribution in [0, 0.1) is 0 Å². The quantitative estimate of drug-likeness (QED) is 0.254. The van der Waals surface area contributed by atoms with Crippen molar-refractivity contribution in [3.05, 3.63) is 152 Å². The Morgan fingerprint density at radius 3 is 0.857 bits per heavy atom. The molecule has 35 heavy (non-hydrogen) atoms. The monoisotopic (exact) mass is 501 g/mol. The van der Waals surface area contributed by atoms with E-state index < -0.39 is 8.80 Å². The Bertz CT molecular complexity index is 1050. The van der Waals surface area contributed by atoms with Crippen molar-refractivity contribution in [2.75, 3.05) is 0 Å². The minimum absolute atomic E-state index is 0.271. The molecule has 0 bridgehead atoms. The number of hydrogen-bond acceptors (Lipinski definition) is 0. The van der Waals surface area contributed by atoms with Gasteiger partial charge in [0.1, 0.15) is 9.52 Å². The molecule has 173 valence electrons. The van der Waals surface area contributed by atoms with Gasteiger partial charge in [0.05, 0.1) is 0 Å². The van der Waals surface area contributed by atoms with Crippen LogP contribution in [-0.2, 0) is 0 Å². The molecule has 0 saturated heterocycles. The second-order valence-corrected chi connectivity index (χ2v) is 13.3. The molecular weight excluding hydrogens is 469 g/mol. The highest BCUT2D eigenvalue weighted by Gasteiger charge is 2.18. The Morgan fingerprint density at radius 2 is 0.600 bits per heavy atom. The summed E-state index contributed by atoms with van der Waals surface area (Å²) in [7, 11) is 0.144. The zero-order valence-corrected chi connectivity index (χ0v) is 23.9. The third kappa shape index (κ3) is 9.13. The first kappa shape index (κ1) is 26.4. The van der Waals surface area contributed by atoms with Gasteiger partial charge in [0, 0.05) is 9.52 Å². The van der Waals surface area contributed by atoms with E-state index in [1.165, 1.54) is 25.9 Å². The average Bonchev–Trinajstić information content (AvgIpc) is 2.93. The Balaban J connectivity index is 0.000000186. The molecule has 0 spiro atoms. The SMILES string of the molecule is C[SiH]C.c1ccc([SiH]c2ccccc2)cc1.c1ccc([Si](c2ccccc2)c2ccccc2)cc1. The molecule has 0 aliphatic carbocycles. The first-order chi connectivity index (χ1) is 17.3. The number of rotatable bonds is 5. The van der Waals surface area contributed by atoms with Crippen molar-refractivity contribution < 1.29 is 0 Å². The van der Waals surface area contributed by atoms with E-state index in [1.807, 2.05) is 0 Å². The van der Waals surface area contributed by atoms with Gasteiger partial charge in [-0.2, -0.15) is 0 Å². The van der Waals surface area contributed by atoms with Gasteiger partial charge in [-0.3, -0.25) is 0 Å². The first-order valence-corrected chi connectivity index (χ1v) is 17.0. The molecule has 5 rings (SSSR count). The Kier molecular flexibility index (Phi) is 11.8. The lowest BCUT2D eigenvalue weighted by Crippen LogP contribution is -2.51. The highest BCUT2D eigenvalue weighted by Crippen LogP contribution is 1.95. The maximum Gasteiger partial charge on any atom is 0.154 e. The van der Waals surface area contributed by atoms with Crippen molar-refractivity contribution in [1.82, 2.24) is 0 Å². The van der Waals surface area contributed by atoms with E-state index in [2.05, 4.69) is 165 Å². The summed E-state index contributed by atoms with van der Waals surface area (Å²) < 4.78 is 0. The van der Waals surface area contributed by atoms with Crippen LogP contribution in [0.5, 0.6) is 0 Å². The molecule has 0 amide bonds. The van der Waals surface area contributed by atoms with Gasteiger partial charge in [-0.15, -0.1) is 0 Å². The fourth-order valence-corrected chi connectivity index (χ4v) is 7.40. The fourth-order valence-electron chi connectivity index (χ4n) is 3.61. The molecule has 0 heterocycles. The Hall–Kier alpha value is -3.25. The molecule has 0 aliphatic heterocycles. The third-order valence-corrected chi connectivity index (χ3v) is 9.29. The molecule has 0 unspecified atom stereocenters. The zero-order valence-electron chi connectivity index (χ0n) is 20.6. The largest absolute Gasteiger partial charge is 0.154 e. The van der Waals surface area contributed by atoms with E-state index in [9.17, 15) is 0 Å². The Labute approximate surface area is 218 Å². The van der Waals surface area contributed by atoms with E-state index in [0.29, 0.717) is 0 Å². The highest BCUT2D eigenvalue weighted by molar-refractivity contribution is 6.95. The van der Waals surface area contributed by atoms with Gasteiger partial charge >= 0.3 is 0 Å². The summed E-state index contributed by atoms with van der Waals surface area (Å²) >= 11 is 0. The van der Waals surface area contributed by atoms with Crippen LogP contribution in [0.2, 0.25) is 13.1 Å². The van der Waals surface area contributed by atoms with Crippen molar-refractivity contribution >= 4 is 53.8 Å². The van der Waals surface area contributed by atoms with Crippen LogP contribution in [0.25, 0.3) is 0 Å². The molecule has 5 aromatic carbocycles. The average molecular weight is 502 g/mol. The van der Waals surface area contributed by atoms with Crippen molar-refractivity contribution in [2.45, 2.75) is 13.1 Å². The van der Waals surface area contributed by atoms with Gasteiger partial charge in [-0.25, -0.2) is 0 Å². The van der Waals surface area contributed by atoms with E-state index >= 15 is 0 Å². The third-order valence-electron chi connectivity index (χ3n) is 5.12. The van der Waals surface area contributed by atoms with Gasteiger partial charge in [-0.05, 0) is 0 Å². The van der Waals surface area contributed by atoms with Crippen molar-refractivity contribution in [3.8, 4) is 0 Å². The molecule has 0 aliphatic rings. The van der Waals surface area contributed by atoms with Gasteiger partial charge < -0.3 is 0 Å². The summed E-state index contributed by atoms with van der Waals surface area (Å²) in [4.78, 5) is 0. The van der Waals surface area contributed by atoms with Gasteiger partial charge in [0.15, 0.2) is 8.80 Å². The topological polar surface area (TPSA) is 0 Å². The van der Waals surface area contributed by atoms with Crippen molar-refractivity contribution in [3.63, 3.8) is 0 Å². The molecule has 3 radical (unpaired) electrons. The molecule has 3 heteroatoms. The van der Waals surface area contributed by atoms with Crippen LogP contribution in [0.15, 0.2) is 152 Å². The molecule has 0 nitrogen and oxygen atoms in total. The standard InChI is InChI=1S/C18H15Si.C12H11Si.C2H7Si/c1-4-10-16(11-5-1)19(17-12-6-2-7-13-17)18-14-8-3-9-15-18;1-3-7-11(8-4-1)13-12-9-5-2-6-10-12;1-3-2/h1-15H;1-10,13H;3H,1-2H3. The van der Waals surface area contributed by atoms with E-state index in [4.69, 9.17) is 0 Å². The molecule has 0 N–H and O–H groups in total. The normalized spacial score (nSPS) is 9.91. The minimum atomic E-state index is -0.877. The van der Waals surface area contributed by atoms with Crippen LogP contribution in [0.4, 0.5) is 0 Å². The lowest BCUT2D eigenvalue weighted by atomic mass is 10.3. The van der Waals surface area contributed by atoms with Crippen LogP contribution in [0.3, 0.4) is 0 Å². The fraction of sp³-hybridized carbons (Fsp3) is 0.0625. The first-order valence-electron chi connectivity index (χ1n) is 12.0. The summed E-state index contributed by atoms with van der Waals surface area (Å²) in [5, 5.41) is 7.21. The smallest absolute Gasteiger partial charge is 0.0743 e. The molecule has 0 aromatic heterocycles. The summed E-state index contributed by atoms with van der Waals surface area (Å²) in [6.07, 6.45) is 0. The molecule has 0 saturated carbocycles. The molecule has 5 aromatic rings. The highest BCUT2D eigenvalue weighted by atomic mass is 28.3. The van der Waals surface area contributed by atoms with Gasteiger partial charge in [0.2, 0.25) is 0 Å². The van der Waals surface area contributed by atoms with Crippen molar-refractivity contribution in [1.29, 1.82) is 0 Å². The number of hydrogen-bond donors (Lipinski definition) is 0. The summed E-state index contributed by atoms with van der Waals surface area (Å²) in [6.45, 7) is 4.42. The van der Waals surface area contributed by atoms with Gasteiger partial charge in [0.25, 0.3) is 0 Å². The lowest BCUT2D eigenvalue weighted by Gasteiger charge is -2.16. The van der Waals surface area contributed by atoms with Gasteiger partial charge in [-0.1, -0.05) is 191 Å². The zero-order chi connectivity index (χ0) is 24.6. The predicted molar refractivity (Wildman–Crippen MR) is 162 cm³/mol. The second-order valence-electron chi connectivity index (χ2n) is 8.02. The Morgan fingerprint density at radius 1 is 0.371 bits per heavy atom. The van der Waals surface area contributed by atoms with Crippen LogP contribution in [-0.4, -0.2) is 27.8 Å². The molecule has 0 fully saturated rings. The maximum atomic E-state index is 2.24. The minimum Gasteiger partial charge on any atom is -0.0743 e. The van der Waals surface area contributed by atoms with Crippen molar-refractivity contribution in [2.24, 2.45) is 0 Å².